The highest BCUT2D eigenvalue weighted by molar-refractivity contribution is 7.15. The lowest BCUT2D eigenvalue weighted by atomic mass is 9.93. The number of carbonyl (C=O) groups excluding carboxylic acids is 1. The number of thiazole rings is 1. The summed E-state index contributed by atoms with van der Waals surface area (Å²) >= 11 is 7.33. The summed E-state index contributed by atoms with van der Waals surface area (Å²) in [7, 11) is 1.59. The average Bonchev–Trinajstić information content (AvgIpc) is 3.11. The monoisotopic (exact) mass is 403 g/mol. The van der Waals surface area contributed by atoms with Gasteiger partial charge in [-0.3, -0.25) is 4.79 Å². The number of hydrogen-bond donors (Lipinski definition) is 1. The zero-order valence-electron chi connectivity index (χ0n) is 14.6. The molecule has 0 aliphatic carbocycles. The summed E-state index contributed by atoms with van der Waals surface area (Å²) < 4.78 is 5.65. The molecular formula is C19H18ClN3O3S. The quantitative estimate of drug-likeness (QED) is 0.843. The van der Waals surface area contributed by atoms with Crippen molar-refractivity contribution in [1.82, 2.24) is 14.9 Å². The van der Waals surface area contributed by atoms with E-state index < -0.39 is 12.2 Å². The van der Waals surface area contributed by atoms with Crippen molar-refractivity contribution in [3.05, 3.63) is 69.3 Å². The third-order valence-corrected chi connectivity index (χ3v) is 5.91. The Labute approximate surface area is 165 Å². The Morgan fingerprint density at radius 2 is 2.15 bits per heavy atom. The molecule has 0 spiro atoms. The topological polar surface area (TPSA) is 65.9 Å². The molecule has 2 unspecified atom stereocenters. The van der Waals surface area contributed by atoms with E-state index in [2.05, 4.69) is 4.98 Å². The second-order valence-corrected chi connectivity index (χ2v) is 8.01. The van der Waals surface area contributed by atoms with Crippen LogP contribution >= 0.6 is 22.9 Å². The second-order valence-electron chi connectivity index (χ2n) is 6.32. The number of halogens is 1. The van der Waals surface area contributed by atoms with E-state index in [-0.39, 0.29) is 5.78 Å². The van der Waals surface area contributed by atoms with E-state index in [0.717, 1.165) is 9.94 Å². The van der Waals surface area contributed by atoms with E-state index in [0.29, 0.717) is 34.4 Å². The first kappa shape index (κ1) is 18.2. The number of benzene rings is 1. The van der Waals surface area contributed by atoms with E-state index in [1.165, 1.54) is 11.3 Å². The van der Waals surface area contributed by atoms with Gasteiger partial charge in [0.15, 0.2) is 4.47 Å². The molecule has 1 aromatic heterocycles. The highest BCUT2D eigenvalue weighted by Gasteiger charge is 2.44. The summed E-state index contributed by atoms with van der Waals surface area (Å²) in [5.41, 5.74) is 1.31. The lowest BCUT2D eigenvalue weighted by molar-refractivity contribution is -0.209. The lowest BCUT2D eigenvalue weighted by Gasteiger charge is -2.46. The largest absolute Gasteiger partial charge is 0.497 e. The third-order valence-electron chi connectivity index (χ3n) is 4.77. The average molecular weight is 404 g/mol. The molecule has 2 atom stereocenters. The summed E-state index contributed by atoms with van der Waals surface area (Å²) in [6.07, 6.45) is 7.46. The van der Waals surface area contributed by atoms with Crippen LogP contribution < -0.4 is 4.74 Å². The second kappa shape index (κ2) is 7.44. The highest BCUT2D eigenvalue weighted by Crippen LogP contribution is 2.37. The Morgan fingerprint density at radius 1 is 1.37 bits per heavy atom. The number of allylic oxidation sites excluding steroid dienone is 2. The number of methoxy groups -OCH3 is 1. The van der Waals surface area contributed by atoms with Gasteiger partial charge in [-0.2, -0.15) is 5.06 Å². The van der Waals surface area contributed by atoms with E-state index in [1.807, 2.05) is 23.1 Å². The van der Waals surface area contributed by atoms with Crippen molar-refractivity contribution in [1.29, 1.82) is 0 Å². The Hall–Kier alpha value is -2.19. The van der Waals surface area contributed by atoms with E-state index in [1.54, 1.807) is 37.6 Å². The molecule has 3 heterocycles. The number of nitrogens with zero attached hydrogens (tertiary/aromatic N) is 3. The number of Topliss-reactive ketones (excluding diaryl/α,β-unsaturated/α-hetero) is 1. The van der Waals surface area contributed by atoms with Crippen molar-refractivity contribution in [3.63, 3.8) is 0 Å². The van der Waals surface area contributed by atoms with Gasteiger partial charge in [0.25, 0.3) is 0 Å². The van der Waals surface area contributed by atoms with Crippen molar-refractivity contribution < 1.29 is 14.7 Å². The molecule has 8 heteroatoms. The Bertz CT molecular complexity index is 909. The van der Waals surface area contributed by atoms with Gasteiger partial charge in [0, 0.05) is 24.0 Å². The van der Waals surface area contributed by atoms with Crippen LogP contribution in [0, 0.1) is 0 Å². The first-order chi connectivity index (χ1) is 13.1. The third kappa shape index (κ3) is 3.39. The zero-order chi connectivity index (χ0) is 19.0. The van der Waals surface area contributed by atoms with Crippen LogP contribution in [-0.2, 0) is 11.2 Å². The molecular weight excluding hydrogens is 386 g/mol. The molecule has 2 aliphatic rings. The smallest absolute Gasteiger partial charge is 0.202 e. The number of fused-ring (bicyclic) bond motifs is 1. The van der Waals surface area contributed by atoms with Gasteiger partial charge in [0.05, 0.1) is 12.8 Å². The summed E-state index contributed by atoms with van der Waals surface area (Å²) in [4.78, 5) is 20.1. The minimum atomic E-state index is -0.779. The minimum Gasteiger partial charge on any atom is -0.497 e. The number of ketones is 1. The van der Waals surface area contributed by atoms with Gasteiger partial charge in [-0.05, 0) is 23.8 Å². The molecule has 1 saturated heterocycles. The van der Waals surface area contributed by atoms with Crippen LogP contribution in [0.4, 0.5) is 0 Å². The van der Waals surface area contributed by atoms with E-state index in [4.69, 9.17) is 16.3 Å². The normalized spacial score (nSPS) is 22.6. The highest BCUT2D eigenvalue weighted by atomic mass is 35.5. The van der Waals surface area contributed by atoms with Crippen molar-refractivity contribution in [2.24, 2.45) is 0 Å². The van der Waals surface area contributed by atoms with Crippen LogP contribution in [0.2, 0.25) is 4.47 Å². The lowest BCUT2D eigenvalue weighted by Crippen LogP contribution is -2.57. The molecule has 0 radical (unpaired) electrons. The van der Waals surface area contributed by atoms with Gasteiger partial charge in [-0.25, -0.2) is 4.98 Å². The molecule has 1 aromatic carbocycles. The number of hydroxylamine groups is 2. The SMILES string of the molecule is COc1ccc(C2C(=O)C3=CC=CCN3C(Cc3cnc(Cl)s3)N2O)cc1. The summed E-state index contributed by atoms with van der Waals surface area (Å²) in [6, 6.07) is 6.41. The van der Waals surface area contributed by atoms with E-state index >= 15 is 0 Å². The van der Waals surface area contributed by atoms with Crippen LogP contribution in [0.1, 0.15) is 16.5 Å². The van der Waals surface area contributed by atoms with Gasteiger partial charge in [-0.1, -0.05) is 35.9 Å². The molecule has 140 valence electrons. The van der Waals surface area contributed by atoms with Gasteiger partial charge in [0.1, 0.15) is 18.0 Å². The maximum atomic E-state index is 13.1. The van der Waals surface area contributed by atoms with Crippen molar-refractivity contribution >= 4 is 28.7 Å². The summed E-state index contributed by atoms with van der Waals surface area (Å²) in [5.74, 6) is 0.564. The summed E-state index contributed by atoms with van der Waals surface area (Å²) in [5, 5.41) is 12.2. The van der Waals surface area contributed by atoms with Crippen LogP contribution in [0.25, 0.3) is 0 Å². The van der Waals surface area contributed by atoms with Gasteiger partial charge in [-0.15, -0.1) is 11.3 Å². The minimum absolute atomic E-state index is 0.134. The van der Waals surface area contributed by atoms with Crippen molar-refractivity contribution in [3.8, 4) is 5.75 Å². The molecule has 27 heavy (non-hydrogen) atoms. The van der Waals surface area contributed by atoms with Gasteiger partial charge in [0.2, 0.25) is 5.78 Å². The maximum Gasteiger partial charge on any atom is 0.202 e. The molecule has 0 bridgehead atoms. The molecule has 1 N–H and O–H groups in total. The number of carbonyl (C=O) groups is 1. The fourth-order valence-corrected chi connectivity index (χ4v) is 4.47. The standard InChI is InChI=1S/C19H18ClN3O3S/c1-26-13-7-5-12(6-8-13)17-18(24)15-4-2-3-9-22(15)16(23(17)25)10-14-11-21-19(20)27-14/h2-8,11,16-17,25H,9-10H2,1H3. The Morgan fingerprint density at radius 3 is 2.81 bits per heavy atom. The molecule has 0 saturated carbocycles. The molecule has 2 aromatic rings. The molecule has 1 fully saturated rings. The molecule has 4 rings (SSSR count). The van der Waals surface area contributed by atoms with Crippen LogP contribution in [0.15, 0.2) is 54.4 Å². The molecule has 0 amide bonds. The number of rotatable bonds is 4. The van der Waals surface area contributed by atoms with Gasteiger partial charge >= 0.3 is 0 Å². The van der Waals surface area contributed by atoms with Crippen molar-refractivity contribution in [2.45, 2.75) is 18.6 Å². The van der Waals surface area contributed by atoms with Crippen molar-refractivity contribution in [2.75, 3.05) is 13.7 Å². The molecule has 2 aliphatic heterocycles. The summed E-state index contributed by atoms with van der Waals surface area (Å²) in [6.45, 7) is 0.557. The fourth-order valence-electron chi connectivity index (χ4n) is 3.46. The maximum absolute atomic E-state index is 13.1. The van der Waals surface area contributed by atoms with Crippen LogP contribution in [0.3, 0.4) is 0 Å². The van der Waals surface area contributed by atoms with Gasteiger partial charge < -0.3 is 14.8 Å². The van der Waals surface area contributed by atoms with Crippen LogP contribution in [0.5, 0.6) is 5.75 Å². The first-order valence-electron chi connectivity index (χ1n) is 8.47. The molecule has 6 nitrogen and oxygen atoms in total. The Balaban J connectivity index is 1.71. The number of ether oxygens (including phenoxy) is 1. The van der Waals surface area contributed by atoms with Crippen LogP contribution in [-0.4, -0.2) is 45.8 Å². The first-order valence-corrected chi connectivity index (χ1v) is 9.67. The zero-order valence-corrected chi connectivity index (χ0v) is 16.2. The number of aromatic nitrogens is 1. The fraction of sp³-hybridized carbons (Fsp3) is 0.263. The predicted molar refractivity (Wildman–Crippen MR) is 103 cm³/mol. The Kier molecular flexibility index (Phi) is 5.01. The van der Waals surface area contributed by atoms with E-state index in [9.17, 15) is 10.0 Å². The number of hydrogen-bond acceptors (Lipinski definition) is 7. The predicted octanol–water partition coefficient (Wildman–Crippen LogP) is 3.44.